The minimum atomic E-state index is -1.02. The maximum Gasteiger partial charge on any atom is 0.339 e. The summed E-state index contributed by atoms with van der Waals surface area (Å²) in [4.78, 5) is 26.0. The molecule has 23 heavy (non-hydrogen) atoms. The highest BCUT2D eigenvalue weighted by atomic mass is 35.5. The summed E-state index contributed by atoms with van der Waals surface area (Å²) >= 11 is 5.84. The first kappa shape index (κ1) is 16.8. The summed E-state index contributed by atoms with van der Waals surface area (Å²) in [7, 11) is 3.21. The summed E-state index contributed by atoms with van der Waals surface area (Å²) < 4.78 is 5.41. The molecule has 0 heterocycles. The van der Waals surface area contributed by atoms with Gasteiger partial charge < -0.3 is 15.4 Å². The van der Waals surface area contributed by atoms with Gasteiger partial charge in [0.1, 0.15) is 0 Å². The van der Waals surface area contributed by atoms with Gasteiger partial charge in [-0.1, -0.05) is 41.9 Å². The zero-order valence-electron chi connectivity index (χ0n) is 12.8. The zero-order valence-corrected chi connectivity index (χ0v) is 13.6. The molecule has 0 bridgehead atoms. The highest BCUT2D eigenvalue weighted by Crippen LogP contribution is 2.24. The van der Waals surface area contributed by atoms with Crippen molar-refractivity contribution < 1.29 is 14.3 Å². The molecular formula is C17H17ClN2O3. The molecule has 1 amide bonds. The van der Waals surface area contributed by atoms with Crippen molar-refractivity contribution in [2.45, 2.75) is 6.10 Å². The van der Waals surface area contributed by atoms with Gasteiger partial charge in [-0.05, 0) is 18.2 Å². The van der Waals surface area contributed by atoms with Crippen molar-refractivity contribution in [2.24, 2.45) is 0 Å². The summed E-state index contributed by atoms with van der Waals surface area (Å²) in [5.41, 5.74) is 6.80. The van der Waals surface area contributed by atoms with Crippen molar-refractivity contribution in [3.63, 3.8) is 0 Å². The van der Waals surface area contributed by atoms with Crippen LogP contribution in [0.2, 0.25) is 5.02 Å². The topological polar surface area (TPSA) is 72.6 Å². The highest BCUT2D eigenvalue weighted by Gasteiger charge is 2.27. The van der Waals surface area contributed by atoms with Gasteiger partial charge in [0.15, 0.2) is 0 Å². The smallest absolute Gasteiger partial charge is 0.339 e. The zero-order chi connectivity index (χ0) is 17.0. The maximum atomic E-state index is 12.3. The van der Waals surface area contributed by atoms with Gasteiger partial charge in [0, 0.05) is 19.7 Å². The fraction of sp³-hybridized carbons (Fsp3) is 0.176. The van der Waals surface area contributed by atoms with Crippen LogP contribution in [-0.4, -0.2) is 30.9 Å². The van der Waals surface area contributed by atoms with Crippen LogP contribution >= 0.6 is 11.6 Å². The van der Waals surface area contributed by atoms with E-state index in [0.717, 1.165) is 0 Å². The molecule has 0 aliphatic heterocycles. The van der Waals surface area contributed by atoms with E-state index in [4.69, 9.17) is 22.1 Å². The summed E-state index contributed by atoms with van der Waals surface area (Å²) in [6.45, 7) is 0. The third-order valence-electron chi connectivity index (χ3n) is 3.22. The maximum absolute atomic E-state index is 12.3. The Morgan fingerprint density at radius 1 is 1.13 bits per heavy atom. The fourth-order valence-corrected chi connectivity index (χ4v) is 2.09. The van der Waals surface area contributed by atoms with Crippen LogP contribution in [0.1, 0.15) is 22.0 Å². The van der Waals surface area contributed by atoms with Crippen LogP contribution in [0.15, 0.2) is 48.5 Å². The quantitative estimate of drug-likeness (QED) is 0.690. The Labute approximate surface area is 139 Å². The van der Waals surface area contributed by atoms with E-state index >= 15 is 0 Å². The largest absolute Gasteiger partial charge is 0.444 e. The summed E-state index contributed by atoms with van der Waals surface area (Å²) in [5.74, 6) is -0.969. The van der Waals surface area contributed by atoms with E-state index in [2.05, 4.69) is 0 Å². The highest BCUT2D eigenvalue weighted by molar-refractivity contribution is 6.33. The SMILES string of the molecule is CN(C)C(=O)[C@H](OC(=O)c1ccc(Cl)c(N)c1)c1ccccc1. The third kappa shape index (κ3) is 4.02. The summed E-state index contributed by atoms with van der Waals surface area (Å²) in [5, 5.41) is 0.352. The Kier molecular flexibility index (Phi) is 5.24. The molecule has 0 fully saturated rings. The number of halogens is 1. The Morgan fingerprint density at radius 3 is 2.35 bits per heavy atom. The number of esters is 1. The number of benzene rings is 2. The fourth-order valence-electron chi connectivity index (χ4n) is 1.97. The number of amides is 1. The first-order valence-corrected chi connectivity index (χ1v) is 7.30. The molecule has 120 valence electrons. The average Bonchev–Trinajstić information content (AvgIpc) is 2.55. The van der Waals surface area contributed by atoms with Gasteiger partial charge in [0.25, 0.3) is 5.91 Å². The second kappa shape index (κ2) is 7.15. The van der Waals surface area contributed by atoms with E-state index in [1.54, 1.807) is 38.4 Å². The number of hydrogen-bond acceptors (Lipinski definition) is 4. The number of nitrogens with zero attached hydrogens (tertiary/aromatic N) is 1. The number of anilines is 1. The molecule has 2 rings (SSSR count). The molecule has 5 nitrogen and oxygen atoms in total. The monoisotopic (exact) mass is 332 g/mol. The summed E-state index contributed by atoms with van der Waals surface area (Å²) in [6.07, 6.45) is -1.02. The molecule has 0 radical (unpaired) electrons. The van der Waals surface area contributed by atoms with Crippen molar-refractivity contribution in [1.82, 2.24) is 4.90 Å². The van der Waals surface area contributed by atoms with Gasteiger partial charge in [-0.3, -0.25) is 4.79 Å². The second-order valence-corrected chi connectivity index (χ2v) is 5.57. The number of carbonyl (C=O) groups excluding carboxylic acids is 2. The van der Waals surface area contributed by atoms with Crippen molar-refractivity contribution in [3.8, 4) is 0 Å². The van der Waals surface area contributed by atoms with E-state index < -0.39 is 12.1 Å². The molecule has 2 N–H and O–H groups in total. The lowest BCUT2D eigenvalue weighted by atomic mass is 10.1. The third-order valence-corrected chi connectivity index (χ3v) is 3.57. The Hall–Kier alpha value is -2.53. The first-order valence-electron chi connectivity index (χ1n) is 6.92. The molecule has 2 aromatic rings. The predicted molar refractivity (Wildman–Crippen MR) is 89.2 cm³/mol. The average molecular weight is 333 g/mol. The minimum absolute atomic E-state index is 0.236. The molecular weight excluding hydrogens is 316 g/mol. The molecule has 6 heteroatoms. The molecule has 0 unspecified atom stereocenters. The lowest BCUT2D eigenvalue weighted by Crippen LogP contribution is -2.31. The first-order chi connectivity index (χ1) is 10.9. The van der Waals surface area contributed by atoms with Crippen LogP contribution in [0.3, 0.4) is 0 Å². The molecule has 0 aliphatic carbocycles. The lowest BCUT2D eigenvalue weighted by molar-refractivity contribution is -0.138. The van der Waals surface area contributed by atoms with Gasteiger partial charge in [-0.25, -0.2) is 4.79 Å². The number of nitrogen functional groups attached to an aromatic ring is 1. The van der Waals surface area contributed by atoms with Crippen molar-refractivity contribution in [2.75, 3.05) is 19.8 Å². The Bertz CT molecular complexity index is 717. The van der Waals surface area contributed by atoms with Crippen LogP contribution < -0.4 is 5.73 Å². The molecule has 0 aliphatic rings. The Morgan fingerprint density at radius 2 is 1.78 bits per heavy atom. The van der Waals surface area contributed by atoms with Crippen LogP contribution in [-0.2, 0) is 9.53 Å². The van der Waals surface area contributed by atoms with Crippen LogP contribution in [0.5, 0.6) is 0 Å². The molecule has 0 aromatic heterocycles. The lowest BCUT2D eigenvalue weighted by Gasteiger charge is -2.21. The van der Waals surface area contributed by atoms with Gasteiger partial charge in [-0.15, -0.1) is 0 Å². The Balaban J connectivity index is 2.28. The van der Waals surface area contributed by atoms with E-state index in [-0.39, 0.29) is 17.2 Å². The van der Waals surface area contributed by atoms with Crippen LogP contribution in [0.25, 0.3) is 0 Å². The van der Waals surface area contributed by atoms with E-state index in [1.807, 2.05) is 6.07 Å². The number of likely N-dealkylation sites (N-methyl/N-ethyl adjacent to an activating group) is 1. The van der Waals surface area contributed by atoms with Gasteiger partial charge in [0.05, 0.1) is 16.3 Å². The van der Waals surface area contributed by atoms with Crippen molar-refractivity contribution in [3.05, 3.63) is 64.7 Å². The van der Waals surface area contributed by atoms with Crippen molar-refractivity contribution in [1.29, 1.82) is 0 Å². The van der Waals surface area contributed by atoms with Gasteiger partial charge in [0.2, 0.25) is 6.10 Å². The second-order valence-electron chi connectivity index (χ2n) is 5.16. The molecule has 0 saturated heterocycles. The number of carbonyl (C=O) groups is 2. The molecule has 0 saturated carbocycles. The molecule has 0 spiro atoms. The number of ether oxygens (including phenoxy) is 1. The number of nitrogens with two attached hydrogens (primary N) is 1. The van der Waals surface area contributed by atoms with Crippen LogP contribution in [0.4, 0.5) is 5.69 Å². The van der Waals surface area contributed by atoms with Gasteiger partial charge >= 0.3 is 5.97 Å². The normalized spacial score (nSPS) is 11.6. The van der Waals surface area contributed by atoms with Crippen molar-refractivity contribution >= 4 is 29.2 Å². The van der Waals surface area contributed by atoms with Gasteiger partial charge in [-0.2, -0.15) is 0 Å². The molecule has 2 aromatic carbocycles. The minimum Gasteiger partial charge on any atom is -0.444 e. The standard InChI is InChI=1S/C17H17ClN2O3/c1-20(2)16(21)15(11-6-4-3-5-7-11)23-17(22)12-8-9-13(18)14(19)10-12/h3-10,15H,19H2,1-2H3/t15-/m1/s1. The van der Waals surface area contributed by atoms with E-state index in [1.165, 1.54) is 23.1 Å². The van der Waals surface area contributed by atoms with E-state index in [9.17, 15) is 9.59 Å². The summed E-state index contributed by atoms with van der Waals surface area (Å²) in [6, 6.07) is 13.3. The van der Waals surface area contributed by atoms with Crippen LogP contribution in [0, 0.1) is 0 Å². The number of hydrogen-bond donors (Lipinski definition) is 1. The van der Waals surface area contributed by atoms with E-state index in [0.29, 0.717) is 10.6 Å². The predicted octanol–water partition coefficient (Wildman–Crippen LogP) is 2.91. The number of rotatable bonds is 4. The molecule has 1 atom stereocenters.